The largest absolute Gasteiger partial charge is 0.264 e. The van der Waals surface area contributed by atoms with Crippen LogP contribution < -0.4 is 0 Å². The van der Waals surface area contributed by atoms with Crippen LogP contribution >= 0.6 is 0 Å². The van der Waals surface area contributed by atoms with Crippen LogP contribution in [0.3, 0.4) is 0 Å². The van der Waals surface area contributed by atoms with Crippen LogP contribution in [0, 0.1) is 15.0 Å². The van der Waals surface area contributed by atoms with Crippen LogP contribution in [0.4, 0.5) is 0 Å². The van der Waals surface area contributed by atoms with Gasteiger partial charge in [0, 0.05) is 4.92 Å². The molecule has 0 radical (unpaired) electrons. The molecule has 0 N–H and O–H groups in total. The molecule has 0 saturated heterocycles. The van der Waals surface area contributed by atoms with Crippen LogP contribution in [0.1, 0.15) is 0 Å². The molecule has 0 heterocycles. The van der Waals surface area contributed by atoms with Gasteiger partial charge in [0.15, 0.2) is 0 Å². The lowest BCUT2D eigenvalue weighted by Crippen LogP contribution is -2.02. The number of nitro groups is 1. The minimum atomic E-state index is -0.582. The topological polar surface area (TPSA) is 72.6 Å². The standard InChI is InChI=1S/C2H4N2O3/c5-3-1-2-4(6)7/h1-2H2. The number of nitrogens with zero attached hydrogens (tertiary/aromatic N) is 2. The van der Waals surface area contributed by atoms with Crippen LogP contribution in [0.25, 0.3) is 0 Å². The van der Waals surface area contributed by atoms with Crippen LogP contribution in [0.5, 0.6) is 0 Å². The van der Waals surface area contributed by atoms with Crippen LogP contribution in [0.15, 0.2) is 5.18 Å². The molecule has 7 heavy (non-hydrogen) atoms. The smallest absolute Gasteiger partial charge is 0.226 e. The highest BCUT2D eigenvalue weighted by molar-refractivity contribution is 4.33. The van der Waals surface area contributed by atoms with Crippen LogP contribution in [0.2, 0.25) is 0 Å². The summed E-state index contributed by atoms with van der Waals surface area (Å²) in [5.74, 6) is 0. The summed E-state index contributed by atoms with van der Waals surface area (Å²) in [5, 5.41) is 11.6. The van der Waals surface area contributed by atoms with Gasteiger partial charge in [0.05, 0.1) is 0 Å². The predicted molar refractivity (Wildman–Crippen MR) is 22.5 cm³/mol. The van der Waals surface area contributed by atoms with Crippen molar-refractivity contribution in [2.24, 2.45) is 5.18 Å². The Hall–Kier alpha value is -1.00. The number of hydrogen-bond donors (Lipinski definition) is 0. The Morgan fingerprint density at radius 1 is 1.71 bits per heavy atom. The minimum absolute atomic E-state index is 0.229. The second-order valence-corrected chi connectivity index (χ2v) is 0.909. The molecule has 0 rings (SSSR count). The van der Waals surface area contributed by atoms with E-state index in [2.05, 4.69) is 5.18 Å². The van der Waals surface area contributed by atoms with Gasteiger partial charge >= 0.3 is 0 Å². The molecule has 0 fully saturated rings. The van der Waals surface area contributed by atoms with E-state index in [1.807, 2.05) is 0 Å². The average molecular weight is 104 g/mol. The second-order valence-electron chi connectivity index (χ2n) is 0.909. The molecule has 40 valence electrons. The van der Waals surface area contributed by atoms with Crippen molar-refractivity contribution in [3.63, 3.8) is 0 Å². The van der Waals surface area contributed by atoms with Crippen molar-refractivity contribution in [1.82, 2.24) is 0 Å². The second kappa shape index (κ2) is 3.20. The quantitative estimate of drug-likeness (QED) is 0.288. The molecule has 0 saturated carbocycles. The lowest BCUT2D eigenvalue weighted by molar-refractivity contribution is -0.476. The van der Waals surface area contributed by atoms with Gasteiger partial charge in [-0.25, -0.2) is 0 Å². The van der Waals surface area contributed by atoms with E-state index in [0.717, 1.165) is 0 Å². The Kier molecular flexibility index (Phi) is 2.74. The normalized spacial score (nSPS) is 8.00. The molecular weight excluding hydrogens is 100 g/mol. The molecular formula is C2H4N2O3. The van der Waals surface area contributed by atoms with E-state index in [9.17, 15) is 10.1 Å². The fourth-order valence-corrected chi connectivity index (χ4v) is 0.122. The first-order valence-corrected chi connectivity index (χ1v) is 1.68. The molecule has 0 spiro atoms. The van der Waals surface area contributed by atoms with Crippen molar-refractivity contribution in [3.05, 3.63) is 15.0 Å². The van der Waals surface area contributed by atoms with Gasteiger partial charge in [-0.2, -0.15) is 4.91 Å². The van der Waals surface area contributed by atoms with E-state index >= 15 is 0 Å². The Morgan fingerprint density at radius 2 is 2.29 bits per heavy atom. The fraction of sp³-hybridized carbons (Fsp3) is 1.00. The molecule has 5 nitrogen and oxygen atoms in total. The molecule has 0 amide bonds. The summed E-state index contributed by atoms with van der Waals surface area (Å²) in [4.78, 5) is 17.9. The molecule has 0 aliphatic rings. The molecule has 0 aromatic rings. The Bertz CT molecular complexity index is 81.0. The first kappa shape index (κ1) is 6.00. The first-order chi connectivity index (χ1) is 3.27. The van der Waals surface area contributed by atoms with Gasteiger partial charge < -0.3 is 0 Å². The van der Waals surface area contributed by atoms with Gasteiger partial charge in [0.1, 0.15) is 6.54 Å². The maximum atomic E-state index is 9.36. The lowest BCUT2D eigenvalue weighted by atomic mass is 10.7. The molecule has 0 aromatic carbocycles. The third kappa shape index (κ3) is 5.00. The third-order valence-corrected chi connectivity index (χ3v) is 0.374. The summed E-state index contributed by atoms with van der Waals surface area (Å²) in [7, 11) is 0. The summed E-state index contributed by atoms with van der Waals surface area (Å²) in [6, 6.07) is 0. The maximum Gasteiger partial charge on any atom is 0.226 e. The Labute approximate surface area is 39.5 Å². The van der Waals surface area contributed by atoms with Gasteiger partial charge in [-0.1, -0.05) is 5.18 Å². The first-order valence-electron chi connectivity index (χ1n) is 1.68. The summed E-state index contributed by atoms with van der Waals surface area (Å²) >= 11 is 0. The van der Waals surface area contributed by atoms with E-state index in [4.69, 9.17) is 4.91 Å². The summed E-state index contributed by atoms with van der Waals surface area (Å²) < 4.78 is 0. The highest BCUT2D eigenvalue weighted by Crippen LogP contribution is 1.68. The van der Waals surface area contributed by atoms with Crippen molar-refractivity contribution in [2.45, 2.75) is 0 Å². The molecule has 0 aromatic heterocycles. The van der Waals surface area contributed by atoms with Crippen molar-refractivity contribution in [2.75, 3.05) is 13.1 Å². The van der Waals surface area contributed by atoms with Gasteiger partial charge in [-0.3, -0.25) is 10.1 Å². The summed E-state index contributed by atoms with van der Waals surface area (Å²) in [6.07, 6.45) is 0. The molecule has 0 aliphatic carbocycles. The number of rotatable bonds is 3. The van der Waals surface area contributed by atoms with Crippen LogP contribution in [-0.2, 0) is 0 Å². The van der Waals surface area contributed by atoms with Gasteiger partial charge in [-0.15, -0.1) is 0 Å². The van der Waals surface area contributed by atoms with Crippen molar-refractivity contribution in [3.8, 4) is 0 Å². The number of nitroso groups, excluding NO2 is 1. The zero-order valence-corrected chi connectivity index (χ0v) is 3.53. The van der Waals surface area contributed by atoms with Crippen molar-refractivity contribution >= 4 is 0 Å². The lowest BCUT2D eigenvalue weighted by Gasteiger charge is -1.79. The molecule has 5 heteroatoms. The zero-order chi connectivity index (χ0) is 5.70. The highest BCUT2D eigenvalue weighted by atomic mass is 16.6. The van der Waals surface area contributed by atoms with Crippen molar-refractivity contribution in [1.29, 1.82) is 0 Å². The Balaban J connectivity index is 2.97. The van der Waals surface area contributed by atoms with E-state index < -0.39 is 4.92 Å². The van der Waals surface area contributed by atoms with Crippen molar-refractivity contribution < 1.29 is 4.92 Å². The summed E-state index contributed by atoms with van der Waals surface area (Å²) in [5.41, 5.74) is 0. The third-order valence-electron chi connectivity index (χ3n) is 0.374. The van der Waals surface area contributed by atoms with Gasteiger partial charge in [0.25, 0.3) is 0 Å². The molecule has 0 aliphatic heterocycles. The maximum absolute atomic E-state index is 9.36. The molecule has 0 unspecified atom stereocenters. The SMILES string of the molecule is O=NCC[N+](=O)[O-]. The molecule has 0 atom stereocenters. The van der Waals surface area contributed by atoms with Crippen LogP contribution in [-0.4, -0.2) is 18.0 Å². The van der Waals surface area contributed by atoms with E-state index in [-0.39, 0.29) is 13.1 Å². The predicted octanol–water partition coefficient (Wildman–Crippen LogP) is 0.0295. The zero-order valence-electron chi connectivity index (χ0n) is 3.53. The number of hydrogen-bond acceptors (Lipinski definition) is 4. The monoisotopic (exact) mass is 104 g/mol. The van der Waals surface area contributed by atoms with E-state index in [0.29, 0.717) is 0 Å². The average Bonchev–Trinajstić information content (AvgIpc) is 1.61. The van der Waals surface area contributed by atoms with E-state index in [1.54, 1.807) is 0 Å². The minimum Gasteiger partial charge on any atom is -0.264 e. The van der Waals surface area contributed by atoms with E-state index in [1.165, 1.54) is 0 Å². The molecule has 0 bridgehead atoms. The van der Waals surface area contributed by atoms with Gasteiger partial charge in [0.2, 0.25) is 6.54 Å². The Morgan fingerprint density at radius 3 is 2.43 bits per heavy atom. The highest BCUT2D eigenvalue weighted by Gasteiger charge is 1.91. The fourth-order valence-electron chi connectivity index (χ4n) is 0.122. The van der Waals surface area contributed by atoms with Gasteiger partial charge in [-0.05, 0) is 0 Å². The summed E-state index contributed by atoms with van der Waals surface area (Å²) in [6.45, 7) is -0.587.